The highest BCUT2D eigenvalue weighted by Gasteiger charge is 2.35. The molecule has 0 saturated carbocycles. The van der Waals surface area contributed by atoms with Gasteiger partial charge in [-0.25, -0.2) is 4.79 Å². The summed E-state index contributed by atoms with van der Waals surface area (Å²) >= 11 is 12.2. The number of aromatic carboxylic acids is 1. The van der Waals surface area contributed by atoms with Crippen LogP contribution in [0.4, 0.5) is 5.69 Å². The number of carbonyl (C=O) groups is 3. The molecule has 0 saturated heterocycles. The van der Waals surface area contributed by atoms with Crippen molar-refractivity contribution in [1.82, 2.24) is 4.90 Å². The van der Waals surface area contributed by atoms with Gasteiger partial charge in [0.2, 0.25) is 5.91 Å². The number of carbonyl (C=O) groups excluding carboxylic acids is 2. The zero-order valence-corrected chi connectivity index (χ0v) is 18.2. The Morgan fingerprint density at radius 1 is 0.938 bits per heavy atom. The van der Waals surface area contributed by atoms with Crippen molar-refractivity contribution in [3.63, 3.8) is 0 Å². The normalized spacial score (nSPS) is 15.7. The molecule has 3 aromatic carbocycles. The van der Waals surface area contributed by atoms with Crippen LogP contribution in [-0.2, 0) is 17.8 Å². The van der Waals surface area contributed by atoms with Crippen LogP contribution >= 0.6 is 23.2 Å². The molecule has 0 fully saturated rings. The number of hydrogen-bond donors (Lipinski definition) is 2. The summed E-state index contributed by atoms with van der Waals surface area (Å²) in [6, 6.07) is 17.3. The number of rotatable bonds is 5. The highest BCUT2D eigenvalue weighted by molar-refractivity contribution is 6.31. The number of anilines is 1. The predicted octanol–water partition coefficient (Wildman–Crippen LogP) is 4.90. The zero-order chi connectivity index (χ0) is 22.8. The Labute approximate surface area is 194 Å². The minimum absolute atomic E-state index is 0.124. The summed E-state index contributed by atoms with van der Waals surface area (Å²) in [5.74, 6) is -1.71. The molecule has 32 heavy (non-hydrogen) atoms. The first-order valence-electron chi connectivity index (χ1n) is 9.80. The van der Waals surface area contributed by atoms with Crippen molar-refractivity contribution in [2.45, 2.75) is 19.0 Å². The van der Waals surface area contributed by atoms with Crippen LogP contribution in [0.15, 0.2) is 66.7 Å². The Bertz CT molecular complexity index is 1210. The summed E-state index contributed by atoms with van der Waals surface area (Å²) in [7, 11) is 0. The number of carboxylic acids is 1. The van der Waals surface area contributed by atoms with E-state index < -0.39 is 12.0 Å². The maximum Gasteiger partial charge on any atom is 0.335 e. The average Bonchev–Trinajstić information content (AvgIpc) is 2.84. The van der Waals surface area contributed by atoms with E-state index in [1.807, 2.05) is 6.07 Å². The van der Waals surface area contributed by atoms with E-state index in [0.29, 0.717) is 26.9 Å². The van der Waals surface area contributed by atoms with Crippen molar-refractivity contribution in [3.05, 3.63) is 99.0 Å². The fourth-order valence-electron chi connectivity index (χ4n) is 3.68. The van der Waals surface area contributed by atoms with Crippen LogP contribution in [0.2, 0.25) is 10.0 Å². The van der Waals surface area contributed by atoms with Crippen molar-refractivity contribution in [1.29, 1.82) is 0 Å². The number of halogens is 2. The van der Waals surface area contributed by atoms with Crippen molar-refractivity contribution >= 4 is 46.7 Å². The molecule has 0 aromatic heterocycles. The van der Waals surface area contributed by atoms with Gasteiger partial charge in [0.25, 0.3) is 5.91 Å². The fraction of sp³-hybridized carbons (Fsp3) is 0.125. The van der Waals surface area contributed by atoms with Crippen LogP contribution in [-0.4, -0.2) is 33.8 Å². The van der Waals surface area contributed by atoms with Crippen LogP contribution in [0.3, 0.4) is 0 Å². The number of carboxylic acid groups (broad SMARTS) is 1. The molecule has 162 valence electrons. The number of benzene rings is 3. The summed E-state index contributed by atoms with van der Waals surface area (Å²) in [5.41, 5.74) is 2.33. The lowest BCUT2D eigenvalue weighted by molar-refractivity contribution is -0.120. The molecule has 2 N–H and O–H groups in total. The second-order valence-corrected chi connectivity index (χ2v) is 8.34. The first kappa shape index (κ1) is 21.9. The molecular weight excluding hydrogens is 451 g/mol. The van der Waals surface area contributed by atoms with Gasteiger partial charge in [-0.15, -0.1) is 0 Å². The standard InChI is InChI=1S/C24H18Cl2N2O4/c25-17-3-1-2-15(10-17)11-21-22(29)27-20-12-18(26)8-9-19(20)23(30)28(21)13-14-4-6-16(7-5-14)24(31)32/h1-10,12,21H,11,13H2,(H,27,29)(H,31,32)/t21-/m1/s1. The molecule has 1 heterocycles. The van der Waals surface area contributed by atoms with Gasteiger partial charge in [-0.05, 0) is 53.6 Å². The first-order valence-corrected chi connectivity index (χ1v) is 10.6. The third kappa shape index (κ3) is 4.61. The Kier molecular flexibility index (Phi) is 6.17. The molecule has 0 bridgehead atoms. The van der Waals surface area contributed by atoms with Crippen molar-refractivity contribution in [2.24, 2.45) is 0 Å². The molecule has 1 aliphatic rings. The second-order valence-electron chi connectivity index (χ2n) is 7.46. The predicted molar refractivity (Wildman–Crippen MR) is 122 cm³/mol. The van der Waals surface area contributed by atoms with E-state index in [1.54, 1.807) is 48.5 Å². The molecule has 0 unspecified atom stereocenters. The lowest BCUT2D eigenvalue weighted by Crippen LogP contribution is -2.46. The Balaban J connectivity index is 1.73. The summed E-state index contributed by atoms with van der Waals surface area (Å²) in [6.45, 7) is 0.124. The largest absolute Gasteiger partial charge is 0.478 e. The van der Waals surface area contributed by atoms with E-state index in [4.69, 9.17) is 28.3 Å². The van der Waals surface area contributed by atoms with E-state index in [9.17, 15) is 14.4 Å². The molecule has 2 amide bonds. The maximum atomic E-state index is 13.5. The average molecular weight is 469 g/mol. The molecule has 1 aliphatic heterocycles. The second kappa shape index (κ2) is 9.02. The Hall–Kier alpha value is -3.35. The molecule has 6 nitrogen and oxygen atoms in total. The molecule has 0 spiro atoms. The van der Waals surface area contributed by atoms with E-state index in [2.05, 4.69) is 5.32 Å². The van der Waals surface area contributed by atoms with Crippen LogP contribution in [0.1, 0.15) is 31.8 Å². The van der Waals surface area contributed by atoms with Crippen LogP contribution in [0, 0.1) is 0 Å². The van der Waals surface area contributed by atoms with E-state index in [1.165, 1.54) is 17.0 Å². The van der Waals surface area contributed by atoms with Crippen LogP contribution < -0.4 is 5.32 Å². The number of amides is 2. The van der Waals surface area contributed by atoms with Gasteiger partial charge in [-0.2, -0.15) is 0 Å². The lowest BCUT2D eigenvalue weighted by atomic mass is 10.0. The van der Waals surface area contributed by atoms with Crippen molar-refractivity contribution < 1.29 is 19.5 Å². The zero-order valence-electron chi connectivity index (χ0n) is 16.7. The number of hydrogen-bond acceptors (Lipinski definition) is 3. The quantitative estimate of drug-likeness (QED) is 0.557. The first-order chi connectivity index (χ1) is 15.3. The van der Waals surface area contributed by atoms with Gasteiger partial charge >= 0.3 is 5.97 Å². The summed E-state index contributed by atoms with van der Waals surface area (Å²) in [5, 5.41) is 12.9. The van der Waals surface area contributed by atoms with Crippen LogP contribution in [0.5, 0.6) is 0 Å². The van der Waals surface area contributed by atoms with Gasteiger partial charge in [0, 0.05) is 23.0 Å². The van der Waals surface area contributed by atoms with Crippen LogP contribution in [0.25, 0.3) is 0 Å². The SMILES string of the molecule is O=C(O)c1ccc(CN2C(=O)c3ccc(Cl)cc3NC(=O)[C@H]2Cc2cccc(Cl)c2)cc1. The summed E-state index contributed by atoms with van der Waals surface area (Å²) < 4.78 is 0. The molecule has 1 atom stereocenters. The third-order valence-electron chi connectivity index (χ3n) is 5.28. The Morgan fingerprint density at radius 3 is 2.34 bits per heavy atom. The third-order valence-corrected chi connectivity index (χ3v) is 5.75. The molecule has 4 rings (SSSR count). The number of fused-ring (bicyclic) bond motifs is 1. The van der Waals surface area contributed by atoms with Gasteiger partial charge < -0.3 is 15.3 Å². The van der Waals surface area contributed by atoms with Crippen molar-refractivity contribution in [3.8, 4) is 0 Å². The molecular formula is C24H18Cl2N2O4. The minimum atomic E-state index is -1.04. The number of nitrogens with one attached hydrogen (secondary N) is 1. The lowest BCUT2D eigenvalue weighted by Gasteiger charge is -2.29. The smallest absolute Gasteiger partial charge is 0.335 e. The van der Waals surface area contributed by atoms with Gasteiger partial charge in [-0.3, -0.25) is 9.59 Å². The van der Waals surface area contributed by atoms with E-state index >= 15 is 0 Å². The molecule has 3 aromatic rings. The van der Waals surface area contributed by atoms with Crippen molar-refractivity contribution in [2.75, 3.05) is 5.32 Å². The molecule has 0 radical (unpaired) electrons. The fourth-order valence-corrected chi connectivity index (χ4v) is 4.07. The van der Waals surface area contributed by atoms with Gasteiger partial charge in [-0.1, -0.05) is 47.5 Å². The minimum Gasteiger partial charge on any atom is -0.478 e. The summed E-state index contributed by atoms with van der Waals surface area (Å²) in [6.07, 6.45) is 0.257. The van der Waals surface area contributed by atoms with E-state index in [0.717, 1.165) is 5.56 Å². The van der Waals surface area contributed by atoms with E-state index in [-0.39, 0.29) is 30.3 Å². The maximum absolute atomic E-state index is 13.5. The van der Waals surface area contributed by atoms with Gasteiger partial charge in [0.05, 0.1) is 16.8 Å². The summed E-state index contributed by atoms with van der Waals surface area (Å²) in [4.78, 5) is 39.4. The van der Waals surface area contributed by atoms with Gasteiger partial charge in [0.1, 0.15) is 6.04 Å². The molecule has 8 heteroatoms. The number of nitrogens with zero attached hydrogens (tertiary/aromatic N) is 1. The topological polar surface area (TPSA) is 86.7 Å². The monoisotopic (exact) mass is 468 g/mol. The highest BCUT2D eigenvalue weighted by Crippen LogP contribution is 2.29. The Morgan fingerprint density at radius 2 is 1.66 bits per heavy atom. The highest BCUT2D eigenvalue weighted by atomic mass is 35.5. The molecule has 0 aliphatic carbocycles. The van der Waals surface area contributed by atoms with Gasteiger partial charge in [0.15, 0.2) is 0 Å².